The molecule has 1 saturated heterocycles. The quantitative estimate of drug-likeness (QED) is 0.611. The second kappa shape index (κ2) is 2.43. The zero-order chi connectivity index (χ0) is 8.65. The molecule has 0 aromatic rings. The molecule has 11 heavy (non-hydrogen) atoms. The minimum atomic E-state index is -3.22. The molecule has 1 N–H and O–H groups in total. The first-order valence-corrected chi connectivity index (χ1v) is 3.52. The van der Waals surface area contributed by atoms with Crippen molar-refractivity contribution in [2.75, 3.05) is 0 Å². The summed E-state index contributed by atoms with van der Waals surface area (Å²) in [4.78, 5) is 10.6. The first-order chi connectivity index (χ1) is 5.00. The predicted octanol–water partition coefficient (Wildman–Crippen LogP) is 0.980. The number of nitrogens with one attached hydrogen (secondary N) is 1. The second-order valence-electron chi connectivity index (χ2n) is 2.72. The first kappa shape index (κ1) is 8.43. The zero-order valence-corrected chi connectivity index (χ0v) is 6.23. The maximum Gasteiger partial charge on any atom is 0.329 e. The molecule has 1 aliphatic heterocycles. The van der Waals surface area contributed by atoms with E-state index in [1.54, 1.807) is 6.92 Å². The van der Waals surface area contributed by atoms with Gasteiger partial charge in [-0.05, 0) is 13.3 Å². The molecule has 1 radical (unpaired) electrons. The molecule has 0 bridgehead atoms. The molecule has 0 aromatic heterocycles. The van der Waals surface area contributed by atoms with Gasteiger partial charge in [0.25, 0.3) is 5.91 Å². The van der Waals surface area contributed by atoms with Gasteiger partial charge in [-0.15, -0.1) is 0 Å². The van der Waals surface area contributed by atoms with Crippen LogP contribution >= 0.6 is 0 Å². The van der Waals surface area contributed by atoms with E-state index >= 15 is 0 Å². The Balaban J connectivity index is 2.84. The van der Waals surface area contributed by atoms with Crippen LogP contribution in [-0.2, 0) is 4.79 Å². The van der Waals surface area contributed by atoms with Gasteiger partial charge in [-0.3, -0.25) is 4.79 Å². The summed E-state index contributed by atoms with van der Waals surface area (Å²) >= 11 is 0. The molecule has 0 aromatic carbocycles. The van der Waals surface area contributed by atoms with Crippen LogP contribution in [0.3, 0.4) is 0 Å². The minimum absolute atomic E-state index is 0.264. The Morgan fingerprint density at radius 2 is 2.27 bits per heavy atom. The number of amides is 1. The summed E-state index contributed by atoms with van der Waals surface area (Å²) in [5, 5.41) is 2.11. The molecule has 0 aliphatic carbocycles. The predicted molar refractivity (Wildman–Crippen MR) is 36.0 cm³/mol. The fourth-order valence-electron chi connectivity index (χ4n) is 1.33. The van der Waals surface area contributed by atoms with Crippen LogP contribution in [0.25, 0.3) is 0 Å². The summed E-state index contributed by atoms with van der Waals surface area (Å²) in [7, 11) is 0. The summed E-state index contributed by atoms with van der Waals surface area (Å²) < 4.78 is 25.6. The van der Waals surface area contributed by atoms with E-state index in [0.717, 1.165) is 0 Å². The highest BCUT2D eigenvalue weighted by Crippen LogP contribution is 2.34. The average Bonchev–Trinajstić information content (AvgIpc) is 2.04. The maximum absolute atomic E-state index is 12.8. The van der Waals surface area contributed by atoms with Crippen LogP contribution in [0.15, 0.2) is 0 Å². The third-order valence-electron chi connectivity index (χ3n) is 2.01. The van der Waals surface area contributed by atoms with Gasteiger partial charge in [-0.2, -0.15) is 8.78 Å². The Kier molecular flexibility index (Phi) is 1.86. The van der Waals surface area contributed by atoms with Gasteiger partial charge in [0, 0.05) is 6.04 Å². The van der Waals surface area contributed by atoms with Crippen LogP contribution in [0, 0.1) is 12.8 Å². The second-order valence-corrected chi connectivity index (χ2v) is 2.72. The largest absolute Gasteiger partial charge is 0.348 e. The molecule has 0 spiro atoms. The van der Waals surface area contributed by atoms with E-state index in [0.29, 0.717) is 0 Å². The lowest BCUT2D eigenvalue weighted by Crippen LogP contribution is -2.32. The topological polar surface area (TPSA) is 29.1 Å². The molecule has 1 heterocycles. The molecule has 0 saturated carbocycles. The molecule has 4 heteroatoms. The Morgan fingerprint density at radius 3 is 2.45 bits per heavy atom. The first-order valence-electron chi connectivity index (χ1n) is 3.52. The highest BCUT2D eigenvalue weighted by Gasteiger charge is 2.54. The normalized spacial score (nSPS) is 35.5. The smallest absolute Gasteiger partial charge is 0.329 e. The van der Waals surface area contributed by atoms with Crippen molar-refractivity contribution in [3.63, 3.8) is 0 Å². The molecule has 0 unspecified atom stereocenters. The Hall–Kier alpha value is -0.670. The van der Waals surface area contributed by atoms with Crippen molar-refractivity contribution in [2.45, 2.75) is 25.3 Å². The maximum atomic E-state index is 12.8. The number of alkyl halides is 2. The highest BCUT2D eigenvalue weighted by atomic mass is 19.3. The third kappa shape index (κ3) is 1.10. The number of hydrogen-bond donors (Lipinski definition) is 1. The molecule has 1 fully saturated rings. The van der Waals surface area contributed by atoms with Crippen molar-refractivity contribution in [1.82, 2.24) is 5.32 Å². The average molecular weight is 162 g/mol. The third-order valence-corrected chi connectivity index (χ3v) is 2.01. The van der Waals surface area contributed by atoms with Crippen molar-refractivity contribution in [3.05, 3.63) is 6.92 Å². The molecule has 1 aliphatic rings. The van der Waals surface area contributed by atoms with E-state index < -0.39 is 23.8 Å². The van der Waals surface area contributed by atoms with Gasteiger partial charge in [-0.1, -0.05) is 6.92 Å². The summed E-state index contributed by atoms with van der Waals surface area (Å²) in [5.41, 5.74) is 0. The number of halogens is 2. The molecule has 63 valence electrons. The standard InChI is InChI=1S/C7H10F2NO/c1-3-5-4(2)10-6(11)7(5,8)9/h4-5H,2-3H2,1H3,(H,10,11)/t4-,5-/m0/s1. The van der Waals surface area contributed by atoms with Crippen LogP contribution in [0.5, 0.6) is 0 Å². The van der Waals surface area contributed by atoms with Crippen LogP contribution in [0.4, 0.5) is 8.78 Å². The van der Waals surface area contributed by atoms with E-state index in [4.69, 9.17) is 0 Å². The van der Waals surface area contributed by atoms with Crippen molar-refractivity contribution < 1.29 is 13.6 Å². The molecular formula is C7H10F2NO. The van der Waals surface area contributed by atoms with E-state index in [1.165, 1.54) is 0 Å². The van der Waals surface area contributed by atoms with Gasteiger partial charge < -0.3 is 5.32 Å². The van der Waals surface area contributed by atoms with Gasteiger partial charge in [0.15, 0.2) is 0 Å². The molecule has 2 atom stereocenters. The van der Waals surface area contributed by atoms with Gasteiger partial charge in [0.05, 0.1) is 5.92 Å². The van der Waals surface area contributed by atoms with Crippen molar-refractivity contribution in [3.8, 4) is 0 Å². The zero-order valence-electron chi connectivity index (χ0n) is 6.23. The van der Waals surface area contributed by atoms with Crippen molar-refractivity contribution >= 4 is 5.91 Å². The SMILES string of the molecule is [CH2][C@@H]1NC(=O)C(F)(F)[C@H]1CC. The number of carbonyl (C=O) groups excluding carboxylic acids is 1. The molecule has 1 amide bonds. The Morgan fingerprint density at radius 1 is 1.73 bits per heavy atom. The van der Waals surface area contributed by atoms with E-state index in [9.17, 15) is 13.6 Å². The monoisotopic (exact) mass is 162 g/mol. The van der Waals surface area contributed by atoms with Crippen LogP contribution < -0.4 is 5.32 Å². The van der Waals surface area contributed by atoms with E-state index in [2.05, 4.69) is 12.2 Å². The number of carbonyl (C=O) groups is 1. The molecule has 1 rings (SSSR count). The summed E-state index contributed by atoms with van der Waals surface area (Å²) in [5.74, 6) is -5.36. The number of rotatable bonds is 1. The van der Waals surface area contributed by atoms with E-state index in [-0.39, 0.29) is 6.42 Å². The molecular weight excluding hydrogens is 152 g/mol. The lowest BCUT2D eigenvalue weighted by atomic mass is 9.96. The van der Waals surface area contributed by atoms with Gasteiger partial charge >= 0.3 is 5.92 Å². The summed E-state index contributed by atoms with van der Waals surface area (Å²) in [6.45, 7) is 5.05. The number of hydrogen-bond acceptors (Lipinski definition) is 1. The Labute approximate surface area is 64.0 Å². The highest BCUT2D eigenvalue weighted by molar-refractivity contribution is 5.86. The summed E-state index contributed by atoms with van der Waals surface area (Å²) in [6.07, 6.45) is 0.264. The van der Waals surface area contributed by atoms with Crippen molar-refractivity contribution in [1.29, 1.82) is 0 Å². The van der Waals surface area contributed by atoms with Crippen molar-refractivity contribution in [2.24, 2.45) is 5.92 Å². The molecule has 2 nitrogen and oxygen atoms in total. The van der Waals surface area contributed by atoms with Gasteiger partial charge in [-0.25, -0.2) is 0 Å². The van der Waals surface area contributed by atoms with Gasteiger partial charge in [0.2, 0.25) is 0 Å². The van der Waals surface area contributed by atoms with E-state index in [1.807, 2.05) is 0 Å². The fraction of sp³-hybridized carbons (Fsp3) is 0.714. The fourth-order valence-corrected chi connectivity index (χ4v) is 1.33. The summed E-state index contributed by atoms with van der Waals surface area (Å²) in [6, 6.07) is -0.650. The minimum Gasteiger partial charge on any atom is -0.348 e. The van der Waals surface area contributed by atoms with Crippen LogP contribution in [0.2, 0.25) is 0 Å². The van der Waals surface area contributed by atoms with Crippen LogP contribution in [-0.4, -0.2) is 17.9 Å². The lowest BCUT2D eigenvalue weighted by Gasteiger charge is -2.16. The lowest BCUT2D eigenvalue weighted by molar-refractivity contribution is -0.144. The van der Waals surface area contributed by atoms with Crippen LogP contribution in [0.1, 0.15) is 13.3 Å². The van der Waals surface area contributed by atoms with Gasteiger partial charge in [0.1, 0.15) is 0 Å². The Bertz CT molecular complexity index is 181.